The van der Waals surface area contributed by atoms with Crippen LogP contribution in [0.3, 0.4) is 0 Å². The van der Waals surface area contributed by atoms with Gasteiger partial charge in [0.1, 0.15) is 0 Å². The van der Waals surface area contributed by atoms with Crippen LogP contribution in [0.4, 0.5) is 0 Å². The highest BCUT2D eigenvalue weighted by Crippen LogP contribution is 2.32. The summed E-state index contributed by atoms with van der Waals surface area (Å²) >= 11 is 6.18. The van der Waals surface area contributed by atoms with Gasteiger partial charge in [-0.05, 0) is 36.8 Å². The summed E-state index contributed by atoms with van der Waals surface area (Å²) in [5, 5.41) is 11.5. The van der Waals surface area contributed by atoms with Gasteiger partial charge in [-0.1, -0.05) is 47.1 Å². The van der Waals surface area contributed by atoms with E-state index in [9.17, 15) is 0 Å². The molecule has 0 N–H and O–H groups in total. The molecule has 3 aromatic heterocycles. The number of aryl methyl sites for hydroxylation is 1. The standard InChI is InChI=1S/C20H15ClN4/c1-13-20-18(10-16-11-22-23-25(13)16)17-7-2-3-8-19(17)24(20)12-14-5-4-6-15(21)9-14/h2-11H,12H2,1H3. The fourth-order valence-corrected chi connectivity index (χ4v) is 3.91. The molecular weight excluding hydrogens is 332 g/mol. The maximum absolute atomic E-state index is 6.18. The van der Waals surface area contributed by atoms with E-state index in [1.165, 1.54) is 27.4 Å². The molecule has 0 aliphatic rings. The minimum Gasteiger partial charge on any atom is -0.334 e. The normalized spacial score (nSPS) is 11.8. The highest BCUT2D eigenvalue weighted by molar-refractivity contribution is 6.30. The lowest BCUT2D eigenvalue weighted by Crippen LogP contribution is -2.03. The van der Waals surface area contributed by atoms with E-state index in [1.807, 2.05) is 22.7 Å². The largest absolute Gasteiger partial charge is 0.334 e. The SMILES string of the molecule is Cc1c2c(cc3cnnn13)c1ccccc1n2Cc1cccc(Cl)c1. The molecule has 5 aromatic rings. The van der Waals surface area contributed by atoms with Gasteiger partial charge in [-0.3, -0.25) is 0 Å². The van der Waals surface area contributed by atoms with Gasteiger partial charge in [0, 0.05) is 27.9 Å². The Kier molecular flexibility index (Phi) is 3.09. The second-order valence-electron chi connectivity index (χ2n) is 6.30. The minimum absolute atomic E-state index is 0.756. The van der Waals surface area contributed by atoms with Crippen LogP contribution in [0.15, 0.2) is 60.8 Å². The molecule has 0 radical (unpaired) electrons. The van der Waals surface area contributed by atoms with E-state index in [2.05, 4.69) is 58.2 Å². The molecule has 0 atom stereocenters. The molecule has 0 unspecified atom stereocenters. The number of para-hydroxylation sites is 1. The second kappa shape index (κ2) is 5.33. The quantitative estimate of drug-likeness (QED) is 0.458. The van der Waals surface area contributed by atoms with E-state index >= 15 is 0 Å². The number of fused-ring (bicyclic) bond motifs is 4. The van der Waals surface area contributed by atoms with Crippen molar-refractivity contribution in [3.05, 3.63) is 77.1 Å². The summed E-state index contributed by atoms with van der Waals surface area (Å²) in [5.74, 6) is 0. The fourth-order valence-electron chi connectivity index (χ4n) is 3.70. The smallest absolute Gasteiger partial charge is 0.0875 e. The molecule has 0 fully saturated rings. The molecule has 0 aliphatic heterocycles. The molecule has 0 spiro atoms. The maximum Gasteiger partial charge on any atom is 0.0875 e. The summed E-state index contributed by atoms with van der Waals surface area (Å²) in [7, 11) is 0. The zero-order valence-corrected chi connectivity index (χ0v) is 14.4. The minimum atomic E-state index is 0.756. The number of benzene rings is 2. The van der Waals surface area contributed by atoms with E-state index < -0.39 is 0 Å². The summed E-state index contributed by atoms with van der Waals surface area (Å²) in [6.45, 7) is 2.85. The molecule has 0 saturated carbocycles. The molecule has 5 rings (SSSR count). The Balaban J connectivity index is 1.88. The van der Waals surface area contributed by atoms with Crippen LogP contribution in [-0.4, -0.2) is 19.4 Å². The summed E-state index contributed by atoms with van der Waals surface area (Å²) in [5.41, 5.74) is 5.66. The Bertz CT molecular complexity index is 1250. The Morgan fingerprint density at radius 3 is 2.76 bits per heavy atom. The molecule has 5 heteroatoms. The first-order valence-electron chi connectivity index (χ1n) is 8.18. The van der Waals surface area contributed by atoms with Gasteiger partial charge in [-0.15, -0.1) is 5.10 Å². The molecule has 3 heterocycles. The van der Waals surface area contributed by atoms with Crippen molar-refractivity contribution in [3.63, 3.8) is 0 Å². The van der Waals surface area contributed by atoms with Gasteiger partial charge in [-0.2, -0.15) is 0 Å². The predicted octanol–water partition coefficient (Wildman–Crippen LogP) is 4.85. The Hall–Kier alpha value is -2.85. The molecule has 0 amide bonds. The van der Waals surface area contributed by atoms with Crippen molar-refractivity contribution in [2.75, 3.05) is 0 Å². The van der Waals surface area contributed by atoms with Crippen LogP contribution in [0, 0.1) is 6.92 Å². The van der Waals surface area contributed by atoms with Crippen molar-refractivity contribution in [2.24, 2.45) is 0 Å². The lowest BCUT2D eigenvalue weighted by molar-refractivity contribution is 0.813. The summed E-state index contributed by atoms with van der Waals surface area (Å²) in [4.78, 5) is 0. The molecule has 0 aliphatic carbocycles. The number of rotatable bonds is 2. The predicted molar refractivity (Wildman–Crippen MR) is 101 cm³/mol. The van der Waals surface area contributed by atoms with Crippen molar-refractivity contribution in [2.45, 2.75) is 13.5 Å². The number of halogens is 1. The van der Waals surface area contributed by atoms with Gasteiger partial charge in [0.15, 0.2) is 0 Å². The third kappa shape index (κ3) is 2.14. The number of pyridine rings is 1. The van der Waals surface area contributed by atoms with Crippen LogP contribution in [0.2, 0.25) is 5.02 Å². The maximum atomic E-state index is 6.18. The summed E-state index contributed by atoms with van der Waals surface area (Å²) in [6.07, 6.45) is 1.80. The topological polar surface area (TPSA) is 35.1 Å². The van der Waals surface area contributed by atoms with Crippen LogP contribution in [0.5, 0.6) is 0 Å². The van der Waals surface area contributed by atoms with Crippen LogP contribution < -0.4 is 0 Å². The van der Waals surface area contributed by atoms with Crippen molar-refractivity contribution in [1.29, 1.82) is 0 Å². The number of nitrogens with zero attached hydrogens (tertiary/aromatic N) is 4. The van der Waals surface area contributed by atoms with Crippen molar-refractivity contribution < 1.29 is 0 Å². The van der Waals surface area contributed by atoms with Crippen LogP contribution in [0.1, 0.15) is 11.3 Å². The van der Waals surface area contributed by atoms with Gasteiger partial charge >= 0.3 is 0 Å². The zero-order chi connectivity index (χ0) is 17.0. The van der Waals surface area contributed by atoms with Gasteiger partial charge < -0.3 is 4.57 Å². The fraction of sp³-hybridized carbons (Fsp3) is 0.100. The first-order chi connectivity index (χ1) is 12.2. The van der Waals surface area contributed by atoms with Gasteiger partial charge in [0.05, 0.1) is 22.9 Å². The average molecular weight is 347 g/mol. The van der Waals surface area contributed by atoms with Crippen molar-refractivity contribution in [3.8, 4) is 0 Å². The highest BCUT2D eigenvalue weighted by Gasteiger charge is 2.16. The van der Waals surface area contributed by atoms with E-state index in [0.29, 0.717) is 0 Å². The molecule has 122 valence electrons. The molecule has 2 aromatic carbocycles. The highest BCUT2D eigenvalue weighted by atomic mass is 35.5. The lowest BCUT2D eigenvalue weighted by atomic mass is 10.1. The summed E-state index contributed by atoms with van der Waals surface area (Å²) < 4.78 is 4.24. The van der Waals surface area contributed by atoms with Gasteiger partial charge in [0.2, 0.25) is 0 Å². The molecule has 0 saturated heterocycles. The summed E-state index contributed by atoms with van der Waals surface area (Å²) in [6, 6.07) is 18.7. The number of hydrogen-bond donors (Lipinski definition) is 0. The van der Waals surface area contributed by atoms with E-state index in [0.717, 1.165) is 22.8 Å². The van der Waals surface area contributed by atoms with Gasteiger partial charge in [-0.25, -0.2) is 4.52 Å². The monoisotopic (exact) mass is 346 g/mol. The second-order valence-corrected chi connectivity index (χ2v) is 6.73. The lowest BCUT2D eigenvalue weighted by Gasteiger charge is -2.10. The molecule has 4 nitrogen and oxygen atoms in total. The third-order valence-electron chi connectivity index (χ3n) is 4.77. The van der Waals surface area contributed by atoms with Gasteiger partial charge in [0.25, 0.3) is 0 Å². The number of hydrogen-bond acceptors (Lipinski definition) is 2. The van der Waals surface area contributed by atoms with E-state index in [1.54, 1.807) is 6.20 Å². The Morgan fingerprint density at radius 2 is 1.88 bits per heavy atom. The Morgan fingerprint density at radius 1 is 1.00 bits per heavy atom. The van der Waals surface area contributed by atoms with Crippen LogP contribution >= 0.6 is 11.6 Å². The third-order valence-corrected chi connectivity index (χ3v) is 5.00. The molecule has 0 bridgehead atoms. The molecule has 25 heavy (non-hydrogen) atoms. The van der Waals surface area contributed by atoms with Crippen LogP contribution in [0.25, 0.3) is 27.3 Å². The number of aromatic nitrogens is 4. The van der Waals surface area contributed by atoms with Crippen LogP contribution in [-0.2, 0) is 6.54 Å². The average Bonchev–Trinajstić information content (AvgIpc) is 3.20. The zero-order valence-electron chi connectivity index (χ0n) is 13.6. The first kappa shape index (κ1) is 14.5. The van der Waals surface area contributed by atoms with Crippen molar-refractivity contribution in [1.82, 2.24) is 19.4 Å². The first-order valence-corrected chi connectivity index (χ1v) is 8.55. The van der Waals surface area contributed by atoms with E-state index in [4.69, 9.17) is 11.6 Å². The van der Waals surface area contributed by atoms with E-state index in [-0.39, 0.29) is 0 Å². The Labute approximate surface area is 149 Å². The molecular formula is C20H15ClN4. The van der Waals surface area contributed by atoms with Crippen molar-refractivity contribution >= 4 is 38.9 Å².